The zero-order valence-electron chi connectivity index (χ0n) is 9.45. The molecule has 0 aliphatic heterocycles. The second kappa shape index (κ2) is 6.62. The third-order valence-corrected chi connectivity index (χ3v) is 2.67. The molecule has 0 bridgehead atoms. The Balaban J connectivity index is 4.18. The number of guanidine groups is 1. The van der Waals surface area contributed by atoms with Crippen LogP contribution in [0.25, 0.3) is 0 Å². The highest BCUT2D eigenvalue weighted by Gasteiger charge is 2.11. The summed E-state index contributed by atoms with van der Waals surface area (Å²) in [6, 6.07) is -0.216. The number of nitrogens with zero attached hydrogens (tertiary/aromatic N) is 1. The fourth-order valence-corrected chi connectivity index (χ4v) is 2.08. The quantitative estimate of drug-likeness (QED) is 0.252. The Hall–Kier alpha value is -0.820. The van der Waals surface area contributed by atoms with Crippen molar-refractivity contribution in [3.05, 3.63) is 0 Å². The summed E-state index contributed by atoms with van der Waals surface area (Å²) in [5.41, 5.74) is 2.40. The first-order valence-corrected chi connectivity index (χ1v) is 6.90. The largest absolute Gasteiger partial charge is 0.352 e. The van der Waals surface area contributed by atoms with Crippen molar-refractivity contribution < 1.29 is 8.42 Å². The fourth-order valence-electron chi connectivity index (χ4n) is 1.09. The van der Waals surface area contributed by atoms with E-state index in [0.29, 0.717) is 12.5 Å². The summed E-state index contributed by atoms with van der Waals surface area (Å²) in [4.78, 5) is 4.11. The van der Waals surface area contributed by atoms with Crippen LogP contribution in [0.4, 0.5) is 0 Å². The molecule has 0 aromatic rings. The predicted molar refractivity (Wildman–Crippen MR) is 62.2 cm³/mol. The molecule has 6 nitrogen and oxygen atoms in total. The lowest BCUT2D eigenvalue weighted by Crippen LogP contribution is -2.47. The van der Waals surface area contributed by atoms with Crippen LogP contribution < -0.4 is 16.6 Å². The van der Waals surface area contributed by atoms with E-state index < -0.39 is 9.84 Å². The number of hydrogen-bond donors (Lipinski definition) is 3. The van der Waals surface area contributed by atoms with E-state index in [1.807, 2.05) is 6.92 Å². The minimum Gasteiger partial charge on any atom is -0.352 e. The molecule has 0 spiro atoms. The summed E-state index contributed by atoms with van der Waals surface area (Å²) < 4.78 is 22.0. The lowest BCUT2D eigenvalue weighted by Gasteiger charge is -2.15. The zero-order valence-corrected chi connectivity index (χ0v) is 10.3. The monoisotopic (exact) mass is 236 g/mol. The number of nitrogens with two attached hydrogens (primary N) is 1. The summed E-state index contributed by atoms with van der Waals surface area (Å²) >= 11 is 0. The van der Waals surface area contributed by atoms with Gasteiger partial charge in [-0.2, -0.15) is 0 Å². The molecular formula is C8H20N4O2S. The van der Waals surface area contributed by atoms with Crippen LogP contribution in [0.5, 0.6) is 0 Å². The van der Waals surface area contributed by atoms with E-state index in [9.17, 15) is 8.42 Å². The van der Waals surface area contributed by atoms with Crippen molar-refractivity contribution in [2.24, 2.45) is 10.8 Å². The summed E-state index contributed by atoms with van der Waals surface area (Å²) in [6.07, 6.45) is 2.11. The van der Waals surface area contributed by atoms with Gasteiger partial charge in [0, 0.05) is 18.8 Å². The van der Waals surface area contributed by atoms with Crippen LogP contribution in [0.1, 0.15) is 20.3 Å². The van der Waals surface area contributed by atoms with Gasteiger partial charge in [-0.25, -0.2) is 14.3 Å². The summed E-state index contributed by atoms with van der Waals surface area (Å²) in [7, 11) is -2.98. The van der Waals surface area contributed by atoms with Gasteiger partial charge in [0.15, 0.2) is 0 Å². The van der Waals surface area contributed by atoms with Crippen molar-refractivity contribution in [3.63, 3.8) is 0 Å². The van der Waals surface area contributed by atoms with Crippen LogP contribution in [0.15, 0.2) is 4.99 Å². The number of nitrogens with one attached hydrogen (secondary N) is 2. The number of hydrogen-bond acceptors (Lipinski definition) is 4. The first-order valence-electron chi connectivity index (χ1n) is 4.84. The molecule has 0 amide bonds. The molecule has 0 aliphatic carbocycles. The molecule has 0 radical (unpaired) electrons. The van der Waals surface area contributed by atoms with Crippen molar-refractivity contribution in [1.29, 1.82) is 0 Å². The van der Waals surface area contributed by atoms with Crippen molar-refractivity contribution in [1.82, 2.24) is 10.7 Å². The second-order valence-corrected chi connectivity index (χ2v) is 5.70. The van der Waals surface area contributed by atoms with Gasteiger partial charge in [-0.3, -0.25) is 10.4 Å². The molecule has 0 saturated heterocycles. The van der Waals surface area contributed by atoms with E-state index in [-0.39, 0.29) is 11.8 Å². The maximum absolute atomic E-state index is 11.0. The summed E-state index contributed by atoms with van der Waals surface area (Å²) in [5, 5.41) is 2.89. The van der Waals surface area contributed by atoms with E-state index in [1.54, 1.807) is 6.92 Å². The number of aliphatic imine (C=N–C) groups is 1. The lowest BCUT2D eigenvalue weighted by atomic mass is 10.4. The molecule has 0 aromatic carbocycles. The molecule has 1 atom stereocenters. The minimum absolute atomic E-state index is 0.0554. The average molecular weight is 236 g/mol. The zero-order chi connectivity index (χ0) is 11.9. The van der Waals surface area contributed by atoms with E-state index >= 15 is 0 Å². The third-order valence-electron chi connectivity index (χ3n) is 1.57. The summed E-state index contributed by atoms with van der Waals surface area (Å²) in [6.45, 7) is 4.41. The number of sulfone groups is 1. The van der Waals surface area contributed by atoms with Crippen molar-refractivity contribution >= 4 is 15.8 Å². The van der Waals surface area contributed by atoms with Gasteiger partial charge in [0.25, 0.3) is 0 Å². The van der Waals surface area contributed by atoms with Gasteiger partial charge in [0.2, 0.25) is 5.96 Å². The molecule has 0 rings (SSSR count). The Kier molecular flexibility index (Phi) is 6.26. The standard InChI is InChI=1S/C8H20N4O2S/c1-4-5-10-8(12-9)11-7(2)6-15(3,13)14/h7H,4-6,9H2,1-3H3,(H2,10,11,12). The van der Waals surface area contributed by atoms with E-state index in [1.165, 1.54) is 6.26 Å². The highest BCUT2D eigenvalue weighted by Crippen LogP contribution is 1.90. The Morgan fingerprint density at radius 2 is 2.13 bits per heavy atom. The molecular weight excluding hydrogens is 216 g/mol. The third kappa shape index (κ3) is 8.19. The van der Waals surface area contributed by atoms with Gasteiger partial charge in [-0.15, -0.1) is 0 Å². The van der Waals surface area contributed by atoms with E-state index in [2.05, 4.69) is 15.7 Å². The van der Waals surface area contributed by atoms with Gasteiger partial charge < -0.3 is 5.32 Å². The van der Waals surface area contributed by atoms with Crippen molar-refractivity contribution in [3.8, 4) is 0 Å². The molecule has 0 aliphatic rings. The molecule has 1 unspecified atom stereocenters. The molecule has 0 aromatic heterocycles. The number of rotatable bonds is 5. The van der Waals surface area contributed by atoms with Crippen LogP contribution in [0, 0.1) is 0 Å². The summed E-state index contributed by atoms with van der Waals surface area (Å²) in [5.74, 6) is 5.71. The Morgan fingerprint density at radius 1 is 1.53 bits per heavy atom. The highest BCUT2D eigenvalue weighted by atomic mass is 32.2. The Morgan fingerprint density at radius 3 is 2.53 bits per heavy atom. The van der Waals surface area contributed by atoms with Gasteiger partial charge in [0.1, 0.15) is 9.84 Å². The lowest BCUT2D eigenvalue weighted by molar-refractivity contribution is 0.589. The Labute approximate surface area is 91.2 Å². The molecule has 90 valence electrons. The number of hydrazine groups is 1. The van der Waals surface area contributed by atoms with Crippen LogP contribution in [0.2, 0.25) is 0 Å². The molecule has 0 saturated carbocycles. The van der Waals surface area contributed by atoms with Gasteiger partial charge in [0.05, 0.1) is 5.75 Å². The molecule has 15 heavy (non-hydrogen) atoms. The fraction of sp³-hybridized carbons (Fsp3) is 0.875. The topological polar surface area (TPSA) is 96.6 Å². The van der Waals surface area contributed by atoms with Crippen LogP contribution >= 0.6 is 0 Å². The van der Waals surface area contributed by atoms with Gasteiger partial charge >= 0.3 is 0 Å². The normalized spacial score (nSPS) is 14.8. The first-order chi connectivity index (χ1) is 6.89. The molecule has 0 heterocycles. The average Bonchev–Trinajstić information content (AvgIpc) is 2.09. The van der Waals surface area contributed by atoms with Gasteiger partial charge in [-0.05, 0) is 13.3 Å². The van der Waals surface area contributed by atoms with Crippen molar-refractivity contribution in [2.45, 2.75) is 26.3 Å². The maximum atomic E-state index is 11.0. The van der Waals surface area contributed by atoms with Crippen LogP contribution in [-0.4, -0.2) is 39.0 Å². The van der Waals surface area contributed by atoms with Gasteiger partial charge in [-0.1, -0.05) is 6.92 Å². The van der Waals surface area contributed by atoms with E-state index in [4.69, 9.17) is 5.84 Å². The minimum atomic E-state index is -2.98. The van der Waals surface area contributed by atoms with E-state index in [0.717, 1.165) is 6.42 Å². The maximum Gasteiger partial charge on any atom is 0.205 e. The molecule has 0 fully saturated rings. The molecule has 4 N–H and O–H groups in total. The van der Waals surface area contributed by atoms with Crippen LogP contribution in [-0.2, 0) is 9.84 Å². The smallest absolute Gasteiger partial charge is 0.205 e. The Bertz CT molecular complexity index is 300. The molecule has 7 heteroatoms. The highest BCUT2D eigenvalue weighted by molar-refractivity contribution is 7.90. The first kappa shape index (κ1) is 14.2. The SMILES string of the molecule is CCCN=C(NN)NC(C)CS(C)(=O)=O. The van der Waals surface area contributed by atoms with Crippen LogP contribution in [0.3, 0.4) is 0 Å². The van der Waals surface area contributed by atoms with Crippen molar-refractivity contribution in [2.75, 3.05) is 18.6 Å². The predicted octanol–water partition coefficient (Wildman–Crippen LogP) is -0.762. The second-order valence-electron chi connectivity index (χ2n) is 3.51.